The summed E-state index contributed by atoms with van der Waals surface area (Å²) < 4.78 is 1.50. The van der Waals surface area contributed by atoms with Gasteiger partial charge >= 0.3 is 0 Å². The standard InChI is InChI=1S/C10H16N2O2/c1-4-9(13)6-12-8(3)11-7(2)5-10(12)14/h5,9,13H,4,6H2,1-3H3. The van der Waals surface area contributed by atoms with E-state index in [-0.39, 0.29) is 5.56 Å². The number of hydrogen-bond donors (Lipinski definition) is 1. The molecule has 14 heavy (non-hydrogen) atoms. The van der Waals surface area contributed by atoms with Crippen LogP contribution in [0.2, 0.25) is 0 Å². The molecule has 0 saturated carbocycles. The van der Waals surface area contributed by atoms with Crippen molar-refractivity contribution < 1.29 is 5.11 Å². The first kappa shape index (κ1) is 10.9. The van der Waals surface area contributed by atoms with Crippen LogP contribution in [0.4, 0.5) is 0 Å². The molecule has 0 bridgehead atoms. The number of aryl methyl sites for hydroxylation is 2. The van der Waals surface area contributed by atoms with Gasteiger partial charge in [0.1, 0.15) is 5.82 Å². The Morgan fingerprint density at radius 1 is 1.57 bits per heavy atom. The molecule has 4 nitrogen and oxygen atoms in total. The van der Waals surface area contributed by atoms with E-state index in [2.05, 4.69) is 4.98 Å². The predicted molar refractivity (Wildman–Crippen MR) is 54.3 cm³/mol. The van der Waals surface area contributed by atoms with E-state index < -0.39 is 6.10 Å². The van der Waals surface area contributed by atoms with E-state index in [9.17, 15) is 9.90 Å². The predicted octanol–water partition coefficient (Wildman–Crippen LogP) is 0.631. The second kappa shape index (κ2) is 4.37. The Kier molecular flexibility index (Phi) is 3.41. The first-order valence-corrected chi connectivity index (χ1v) is 4.77. The van der Waals surface area contributed by atoms with Gasteiger partial charge in [-0.25, -0.2) is 4.98 Å². The molecule has 0 aliphatic heterocycles. The van der Waals surface area contributed by atoms with Gasteiger partial charge in [-0.15, -0.1) is 0 Å². The molecule has 1 heterocycles. The Morgan fingerprint density at radius 3 is 2.71 bits per heavy atom. The number of aliphatic hydroxyl groups is 1. The van der Waals surface area contributed by atoms with E-state index >= 15 is 0 Å². The van der Waals surface area contributed by atoms with Crippen LogP contribution in [0.15, 0.2) is 10.9 Å². The molecule has 1 rings (SSSR count). The van der Waals surface area contributed by atoms with E-state index in [1.807, 2.05) is 6.92 Å². The molecule has 0 spiro atoms. The molecule has 1 atom stereocenters. The second-order valence-corrected chi connectivity index (χ2v) is 3.46. The minimum atomic E-state index is -0.476. The Hall–Kier alpha value is -1.16. The van der Waals surface area contributed by atoms with Crippen LogP contribution >= 0.6 is 0 Å². The van der Waals surface area contributed by atoms with Crippen LogP contribution in [0.5, 0.6) is 0 Å². The summed E-state index contributed by atoms with van der Waals surface area (Å²) in [4.78, 5) is 15.7. The van der Waals surface area contributed by atoms with Gasteiger partial charge in [-0.1, -0.05) is 6.92 Å². The fraction of sp³-hybridized carbons (Fsp3) is 0.600. The fourth-order valence-electron chi connectivity index (χ4n) is 1.33. The van der Waals surface area contributed by atoms with Crippen molar-refractivity contribution in [2.45, 2.75) is 39.8 Å². The lowest BCUT2D eigenvalue weighted by Crippen LogP contribution is -2.28. The van der Waals surface area contributed by atoms with Gasteiger partial charge in [0.05, 0.1) is 12.6 Å². The summed E-state index contributed by atoms with van der Waals surface area (Å²) >= 11 is 0. The maximum absolute atomic E-state index is 11.5. The van der Waals surface area contributed by atoms with E-state index in [1.165, 1.54) is 10.6 Å². The van der Waals surface area contributed by atoms with Gasteiger partial charge in [0.25, 0.3) is 5.56 Å². The number of nitrogens with zero attached hydrogens (tertiary/aromatic N) is 2. The normalized spacial score (nSPS) is 12.9. The van der Waals surface area contributed by atoms with Crippen LogP contribution in [0.1, 0.15) is 24.9 Å². The van der Waals surface area contributed by atoms with Crippen molar-refractivity contribution in [2.75, 3.05) is 0 Å². The zero-order valence-corrected chi connectivity index (χ0v) is 8.82. The van der Waals surface area contributed by atoms with Crippen LogP contribution in [0.3, 0.4) is 0 Å². The summed E-state index contributed by atoms with van der Waals surface area (Å²) in [5.74, 6) is 0.655. The molecule has 0 radical (unpaired) electrons. The Balaban J connectivity index is 3.03. The van der Waals surface area contributed by atoms with Gasteiger partial charge in [0.2, 0.25) is 0 Å². The molecule has 0 aromatic carbocycles. The van der Waals surface area contributed by atoms with E-state index in [4.69, 9.17) is 0 Å². The highest BCUT2D eigenvalue weighted by molar-refractivity contribution is 5.01. The minimum Gasteiger partial charge on any atom is -0.391 e. The fourth-order valence-corrected chi connectivity index (χ4v) is 1.33. The lowest BCUT2D eigenvalue weighted by atomic mass is 10.2. The molecule has 0 aliphatic rings. The van der Waals surface area contributed by atoms with Crippen LogP contribution < -0.4 is 5.56 Å². The van der Waals surface area contributed by atoms with Crippen molar-refractivity contribution in [3.8, 4) is 0 Å². The molecule has 0 fully saturated rings. The molecule has 1 N–H and O–H groups in total. The van der Waals surface area contributed by atoms with Gasteiger partial charge in [0, 0.05) is 11.8 Å². The molecule has 0 aliphatic carbocycles. The molecule has 4 heteroatoms. The second-order valence-electron chi connectivity index (χ2n) is 3.46. The lowest BCUT2D eigenvalue weighted by molar-refractivity contribution is 0.147. The molecule has 1 unspecified atom stereocenters. The first-order valence-electron chi connectivity index (χ1n) is 4.77. The molecular formula is C10H16N2O2. The summed E-state index contributed by atoms with van der Waals surface area (Å²) in [7, 11) is 0. The highest BCUT2D eigenvalue weighted by Crippen LogP contribution is 1.98. The number of aliphatic hydroxyl groups excluding tert-OH is 1. The van der Waals surface area contributed by atoms with Crippen LogP contribution in [0, 0.1) is 13.8 Å². The third kappa shape index (κ3) is 2.42. The van der Waals surface area contributed by atoms with Crippen molar-refractivity contribution in [1.82, 2.24) is 9.55 Å². The maximum atomic E-state index is 11.5. The summed E-state index contributed by atoms with van der Waals surface area (Å²) in [6.07, 6.45) is 0.163. The van der Waals surface area contributed by atoms with Gasteiger partial charge < -0.3 is 5.11 Å². The van der Waals surface area contributed by atoms with Crippen LogP contribution in [-0.4, -0.2) is 20.8 Å². The van der Waals surface area contributed by atoms with Gasteiger partial charge in [0.15, 0.2) is 0 Å². The van der Waals surface area contributed by atoms with Gasteiger partial charge in [-0.05, 0) is 20.3 Å². The summed E-state index contributed by atoms with van der Waals surface area (Å²) in [6.45, 7) is 5.77. The number of hydrogen-bond acceptors (Lipinski definition) is 3. The van der Waals surface area contributed by atoms with E-state index in [0.717, 1.165) is 5.69 Å². The smallest absolute Gasteiger partial charge is 0.253 e. The average Bonchev–Trinajstić information content (AvgIpc) is 2.10. The monoisotopic (exact) mass is 196 g/mol. The summed E-state index contributed by atoms with van der Waals surface area (Å²) in [5, 5.41) is 9.44. The van der Waals surface area contributed by atoms with Gasteiger partial charge in [-0.3, -0.25) is 9.36 Å². The first-order chi connectivity index (χ1) is 6.54. The quantitative estimate of drug-likeness (QED) is 0.771. The number of rotatable bonds is 3. The summed E-state index contributed by atoms with van der Waals surface area (Å²) in [6, 6.07) is 1.48. The highest BCUT2D eigenvalue weighted by Gasteiger charge is 2.07. The van der Waals surface area contributed by atoms with Crippen molar-refractivity contribution in [2.24, 2.45) is 0 Å². The van der Waals surface area contributed by atoms with E-state index in [1.54, 1.807) is 13.8 Å². The van der Waals surface area contributed by atoms with Crippen LogP contribution in [-0.2, 0) is 6.54 Å². The Bertz CT molecular complexity index is 371. The zero-order valence-electron chi connectivity index (χ0n) is 8.82. The zero-order chi connectivity index (χ0) is 10.7. The molecule has 1 aromatic rings. The Labute approximate surface area is 83.2 Å². The van der Waals surface area contributed by atoms with Crippen molar-refractivity contribution in [3.63, 3.8) is 0 Å². The SMILES string of the molecule is CCC(O)Cn1c(C)nc(C)cc1=O. The van der Waals surface area contributed by atoms with E-state index in [0.29, 0.717) is 18.8 Å². The molecular weight excluding hydrogens is 180 g/mol. The summed E-state index contributed by atoms with van der Waals surface area (Å²) in [5.41, 5.74) is 0.622. The molecule has 0 amide bonds. The average molecular weight is 196 g/mol. The Morgan fingerprint density at radius 2 is 2.21 bits per heavy atom. The third-order valence-electron chi connectivity index (χ3n) is 2.19. The van der Waals surface area contributed by atoms with Crippen LogP contribution in [0.25, 0.3) is 0 Å². The molecule has 1 aromatic heterocycles. The lowest BCUT2D eigenvalue weighted by Gasteiger charge is -2.12. The number of aromatic nitrogens is 2. The van der Waals surface area contributed by atoms with Crippen molar-refractivity contribution >= 4 is 0 Å². The molecule has 78 valence electrons. The molecule has 0 saturated heterocycles. The highest BCUT2D eigenvalue weighted by atomic mass is 16.3. The van der Waals surface area contributed by atoms with Crippen molar-refractivity contribution in [3.05, 3.63) is 27.9 Å². The minimum absolute atomic E-state index is 0.0949. The third-order valence-corrected chi connectivity index (χ3v) is 2.19. The topological polar surface area (TPSA) is 55.1 Å². The van der Waals surface area contributed by atoms with Crippen molar-refractivity contribution in [1.29, 1.82) is 0 Å². The van der Waals surface area contributed by atoms with Gasteiger partial charge in [-0.2, -0.15) is 0 Å². The maximum Gasteiger partial charge on any atom is 0.253 e. The largest absolute Gasteiger partial charge is 0.391 e.